The van der Waals surface area contributed by atoms with Gasteiger partial charge < -0.3 is 5.11 Å². The highest BCUT2D eigenvalue weighted by molar-refractivity contribution is 9.10. The Labute approximate surface area is 87.7 Å². The number of aliphatic hydroxyl groups is 1. The van der Waals surface area contributed by atoms with Crippen molar-refractivity contribution in [1.82, 2.24) is 0 Å². The molecule has 0 bridgehead atoms. The van der Waals surface area contributed by atoms with E-state index in [0.717, 1.165) is 6.07 Å². The predicted octanol–water partition coefficient (Wildman–Crippen LogP) is 3.00. The van der Waals surface area contributed by atoms with Gasteiger partial charge in [-0.3, -0.25) is 0 Å². The highest BCUT2D eigenvalue weighted by atomic mass is 79.9. The number of benzene rings is 1. The van der Waals surface area contributed by atoms with Gasteiger partial charge in [0, 0.05) is 11.1 Å². The molecule has 1 rings (SSSR count). The largest absolute Gasteiger partial charge is 0.417 e. The zero-order valence-corrected chi connectivity index (χ0v) is 8.69. The Hall–Kier alpha value is -0.550. The fourth-order valence-corrected chi connectivity index (χ4v) is 1.55. The van der Waals surface area contributed by atoms with Gasteiger partial charge in [0.1, 0.15) is 0 Å². The first-order valence-electron chi connectivity index (χ1n) is 3.91. The summed E-state index contributed by atoms with van der Waals surface area (Å²) in [6, 6.07) is 3.93. The number of halogens is 4. The van der Waals surface area contributed by atoms with E-state index in [-0.39, 0.29) is 17.5 Å². The third-order valence-corrected chi connectivity index (χ3v) is 2.43. The molecule has 0 atom stereocenters. The molecule has 0 aromatic heterocycles. The molecule has 0 aliphatic carbocycles. The van der Waals surface area contributed by atoms with Gasteiger partial charge in [-0.15, -0.1) is 0 Å². The molecule has 0 saturated heterocycles. The summed E-state index contributed by atoms with van der Waals surface area (Å²) in [7, 11) is 0. The summed E-state index contributed by atoms with van der Waals surface area (Å²) < 4.78 is 37.1. The summed E-state index contributed by atoms with van der Waals surface area (Å²) >= 11 is 2.83. The van der Waals surface area contributed by atoms with Crippen LogP contribution >= 0.6 is 15.9 Å². The molecule has 5 heteroatoms. The van der Waals surface area contributed by atoms with E-state index < -0.39 is 11.7 Å². The van der Waals surface area contributed by atoms with Crippen LogP contribution in [0.2, 0.25) is 0 Å². The van der Waals surface area contributed by atoms with Crippen LogP contribution in [0.5, 0.6) is 0 Å². The number of hydrogen-bond donors (Lipinski definition) is 1. The molecule has 0 fully saturated rings. The monoisotopic (exact) mass is 268 g/mol. The van der Waals surface area contributed by atoms with E-state index >= 15 is 0 Å². The Morgan fingerprint density at radius 2 is 1.93 bits per heavy atom. The lowest BCUT2D eigenvalue weighted by atomic mass is 10.1. The van der Waals surface area contributed by atoms with Crippen LogP contribution in [0.4, 0.5) is 13.2 Å². The topological polar surface area (TPSA) is 20.2 Å². The van der Waals surface area contributed by atoms with E-state index in [1.54, 1.807) is 6.07 Å². The molecule has 1 N–H and O–H groups in total. The number of hydrogen-bond acceptors (Lipinski definition) is 1. The normalized spacial score (nSPS) is 11.8. The van der Waals surface area contributed by atoms with Crippen molar-refractivity contribution in [1.29, 1.82) is 0 Å². The summed E-state index contributed by atoms with van der Waals surface area (Å²) in [4.78, 5) is 0. The molecule has 0 saturated carbocycles. The van der Waals surface area contributed by atoms with Crippen LogP contribution in [0.3, 0.4) is 0 Å². The third kappa shape index (κ3) is 2.72. The van der Waals surface area contributed by atoms with Crippen LogP contribution in [-0.4, -0.2) is 11.7 Å². The first-order chi connectivity index (χ1) is 6.45. The zero-order valence-electron chi connectivity index (χ0n) is 7.11. The molecule has 0 aliphatic rings. The lowest BCUT2D eigenvalue weighted by molar-refractivity contribution is -0.138. The second kappa shape index (κ2) is 4.31. The smallest absolute Gasteiger partial charge is 0.396 e. The van der Waals surface area contributed by atoms with Gasteiger partial charge in [-0.05, 0) is 24.1 Å². The molecule has 0 unspecified atom stereocenters. The van der Waals surface area contributed by atoms with Crippen molar-refractivity contribution in [3.63, 3.8) is 0 Å². The summed E-state index contributed by atoms with van der Waals surface area (Å²) in [6.07, 6.45) is -4.12. The Bertz CT molecular complexity index is 322. The molecule has 0 radical (unpaired) electrons. The van der Waals surface area contributed by atoms with Gasteiger partial charge in [-0.2, -0.15) is 13.2 Å². The fraction of sp³-hybridized carbons (Fsp3) is 0.333. The van der Waals surface area contributed by atoms with E-state index in [9.17, 15) is 13.2 Å². The van der Waals surface area contributed by atoms with Crippen LogP contribution in [0.25, 0.3) is 0 Å². The maximum Gasteiger partial charge on any atom is 0.417 e. The van der Waals surface area contributed by atoms with Crippen molar-refractivity contribution >= 4 is 15.9 Å². The average Bonchev–Trinajstić information content (AvgIpc) is 2.07. The maximum atomic E-state index is 12.4. The van der Waals surface area contributed by atoms with Crippen LogP contribution in [-0.2, 0) is 12.6 Å². The Morgan fingerprint density at radius 3 is 2.43 bits per heavy atom. The quantitative estimate of drug-likeness (QED) is 0.875. The third-order valence-electron chi connectivity index (χ3n) is 1.74. The lowest BCUT2D eigenvalue weighted by Crippen LogP contribution is -2.07. The number of alkyl halides is 3. The van der Waals surface area contributed by atoms with Crippen LogP contribution in [0, 0.1) is 0 Å². The van der Waals surface area contributed by atoms with E-state index in [1.807, 2.05) is 0 Å². The van der Waals surface area contributed by atoms with Gasteiger partial charge in [-0.25, -0.2) is 0 Å². The molecule has 1 aromatic rings. The summed E-state index contributed by atoms with van der Waals surface area (Å²) in [5.41, 5.74) is -0.230. The first-order valence-corrected chi connectivity index (χ1v) is 4.71. The van der Waals surface area contributed by atoms with Gasteiger partial charge in [-0.1, -0.05) is 22.0 Å². The zero-order chi connectivity index (χ0) is 10.8. The molecule has 78 valence electrons. The minimum atomic E-state index is -4.36. The molecule has 1 aromatic carbocycles. The number of rotatable bonds is 2. The van der Waals surface area contributed by atoms with Gasteiger partial charge in [0.25, 0.3) is 0 Å². The molecule has 0 heterocycles. The molecule has 1 nitrogen and oxygen atoms in total. The van der Waals surface area contributed by atoms with Gasteiger partial charge in [0.15, 0.2) is 0 Å². The predicted molar refractivity (Wildman–Crippen MR) is 49.9 cm³/mol. The molecule has 14 heavy (non-hydrogen) atoms. The minimum absolute atomic E-state index is 0.0201. The molecule has 0 aliphatic heterocycles. The lowest BCUT2D eigenvalue weighted by Gasteiger charge is -2.10. The Kier molecular flexibility index (Phi) is 3.55. The second-order valence-corrected chi connectivity index (χ2v) is 3.64. The standard InChI is InChI=1S/C9H8BrF3O/c10-8-2-1-6(3-4-14)5-7(8)9(11,12)13/h1-2,5,14H,3-4H2. The van der Waals surface area contributed by atoms with Crippen molar-refractivity contribution in [3.8, 4) is 0 Å². The van der Waals surface area contributed by atoms with Crippen molar-refractivity contribution in [3.05, 3.63) is 33.8 Å². The Balaban J connectivity index is 3.09. The van der Waals surface area contributed by atoms with E-state index in [0.29, 0.717) is 5.56 Å². The highest BCUT2D eigenvalue weighted by Gasteiger charge is 2.32. The van der Waals surface area contributed by atoms with Gasteiger partial charge in [0.2, 0.25) is 0 Å². The average molecular weight is 269 g/mol. The van der Waals surface area contributed by atoms with Crippen LogP contribution < -0.4 is 0 Å². The summed E-state index contributed by atoms with van der Waals surface area (Å²) in [6.45, 7) is -0.154. The van der Waals surface area contributed by atoms with Gasteiger partial charge in [0.05, 0.1) is 5.56 Å². The van der Waals surface area contributed by atoms with Crippen LogP contribution in [0.1, 0.15) is 11.1 Å². The van der Waals surface area contributed by atoms with Gasteiger partial charge >= 0.3 is 6.18 Å². The molecule has 0 spiro atoms. The minimum Gasteiger partial charge on any atom is -0.396 e. The molecular weight excluding hydrogens is 261 g/mol. The number of aliphatic hydroxyl groups excluding tert-OH is 1. The molecular formula is C9H8BrF3O. The van der Waals surface area contributed by atoms with Crippen molar-refractivity contribution in [2.45, 2.75) is 12.6 Å². The maximum absolute atomic E-state index is 12.4. The van der Waals surface area contributed by atoms with E-state index in [1.165, 1.54) is 6.07 Å². The van der Waals surface area contributed by atoms with Crippen molar-refractivity contribution in [2.24, 2.45) is 0 Å². The Morgan fingerprint density at radius 1 is 1.29 bits per heavy atom. The second-order valence-electron chi connectivity index (χ2n) is 2.79. The molecule has 0 amide bonds. The first kappa shape index (κ1) is 11.5. The summed E-state index contributed by atoms with van der Waals surface area (Å²) in [5.74, 6) is 0. The van der Waals surface area contributed by atoms with Crippen molar-refractivity contribution < 1.29 is 18.3 Å². The van der Waals surface area contributed by atoms with E-state index in [2.05, 4.69) is 15.9 Å². The summed E-state index contributed by atoms with van der Waals surface area (Å²) in [5, 5.41) is 8.59. The van der Waals surface area contributed by atoms with E-state index in [4.69, 9.17) is 5.11 Å². The highest BCUT2D eigenvalue weighted by Crippen LogP contribution is 2.35. The SMILES string of the molecule is OCCc1ccc(Br)c(C(F)(F)F)c1. The fourth-order valence-electron chi connectivity index (χ4n) is 1.07. The van der Waals surface area contributed by atoms with Crippen LogP contribution in [0.15, 0.2) is 22.7 Å². The van der Waals surface area contributed by atoms with Crippen molar-refractivity contribution in [2.75, 3.05) is 6.61 Å².